The Labute approximate surface area is 146 Å². The van der Waals surface area contributed by atoms with Gasteiger partial charge in [-0.15, -0.1) is 0 Å². The predicted octanol–water partition coefficient (Wildman–Crippen LogP) is 3.09. The number of hydrogen-bond acceptors (Lipinski definition) is 7. The van der Waals surface area contributed by atoms with E-state index in [1.807, 2.05) is 19.9 Å². The quantitative estimate of drug-likeness (QED) is 0.811. The minimum Gasteiger partial charge on any atom is -0.465 e. The second-order valence-electron chi connectivity index (χ2n) is 5.73. The average molecular weight is 346 g/mol. The number of ether oxygens (including phenoxy) is 1. The highest BCUT2D eigenvalue weighted by molar-refractivity contribution is 7.09. The maximum absolute atomic E-state index is 11.7. The van der Waals surface area contributed by atoms with E-state index in [1.165, 1.54) is 24.4 Å². The Kier molecular flexibility index (Phi) is 5.30. The van der Waals surface area contributed by atoms with Crippen molar-refractivity contribution < 1.29 is 9.53 Å². The standard InChI is InChI=1S/C17H22N4O2S/c1-3-23-16(22)11-18-14-10-13(17-19-12(2)20-24-17)6-7-15(14)21-8-4-5-9-21/h6-7,10,18H,3-5,8-9,11H2,1-2H3. The van der Waals surface area contributed by atoms with Crippen LogP contribution >= 0.6 is 11.5 Å². The van der Waals surface area contributed by atoms with E-state index in [2.05, 4.69) is 31.7 Å². The summed E-state index contributed by atoms with van der Waals surface area (Å²) in [6.07, 6.45) is 2.41. The number of carbonyl (C=O) groups is 1. The molecule has 0 saturated carbocycles. The number of carbonyl (C=O) groups excluding carboxylic acids is 1. The van der Waals surface area contributed by atoms with Gasteiger partial charge in [-0.05, 0) is 56.4 Å². The molecule has 128 valence electrons. The molecule has 0 aliphatic carbocycles. The molecule has 0 amide bonds. The van der Waals surface area contributed by atoms with E-state index < -0.39 is 0 Å². The molecule has 1 N–H and O–H groups in total. The fraction of sp³-hybridized carbons (Fsp3) is 0.471. The van der Waals surface area contributed by atoms with Gasteiger partial charge in [-0.25, -0.2) is 4.98 Å². The summed E-state index contributed by atoms with van der Waals surface area (Å²) in [5, 5.41) is 4.12. The predicted molar refractivity (Wildman–Crippen MR) is 96.7 cm³/mol. The summed E-state index contributed by atoms with van der Waals surface area (Å²) >= 11 is 1.39. The largest absolute Gasteiger partial charge is 0.465 e. The highest BCUT2D eigenvalue weighted by Gasteiger charge is 2.18. The van der Waals surface area contributed by atoms with Crippen LogP contribution in [-0.2, 0) is 9.53 Å². The molecule has 0 radical (unpaired) electrons. The third-order valence-corrected chi connectivity index (χ3v) is 4.80. The first-order chi connectivity index (χ1) is 11.7. The molecule has 1 aromatic carbocycles. The SMILES string of the molecule is CCOC(=O)CNc1cc(-c2nc(C)ns2)ccc1N1CCCC1. The zero-order chi connectivity index (χ0) is 16.9. The summed E-state index contributed by atoms with van der Waals surface area (Å²) in [5.74, 6) is 0.529. The van der Waals surface area contributed by atoms with E-state index >= 15 is 0 Å². The Hall–Kier alpha value is -2.15. The zero-order valence-corrected chi connectivity index (χ0v) is 14.9. The van der Waals surface area contributed by atoms with Crippen molar-refractivity contribution in [2.75, 3.05) is 36.5 Å². The Morgan fingerprint density at radius 2 is 2.17 bits per heavy atom. The van der Waals surface area contributed by atoms with Gasteiger partial charge < -0.3 is 15.0 Å². The molecule has 1 aromatic heterocycles. The number of aromatic nitrogens is 2. The lowest BCUT2D eigenvalue weighted by molar-refractivity contribution is -0.140. The van der Waals surface area contributed by atoms with Gasteiger partial charge in [-0.3, -0.25) is 4.79 Å². The highest BCUT2D eigenvalue weighted by Crippen LogP contribution is 2.33. The summed E-state index contributed by atoms with van der Waals surface area (Å²) in [5.41, 5.74) is 3.08. The van der Waals surface area contributed by atoms with Gasteiger partial charge in [0.25, 0.3) is 0 Å². The number of nitrogens with zero attached hydrogens (tertiary/aromatic N) is 3. The van der Waals surface area contributed by atoms with Gasteiger partial charge in [0.2, 0.25) is 0 Å². The number of hydrogen-bond donors (Lipinski definition) is 1. The average Bonchev–Trinajstić information content (AvgIpc) is 3.24. The van der Waals surface area contributed by atoms with Crippen molar-refractivity contribution in [3.05, 3.63) is 24.0 Å². The van der Waals surface area contributed by atoms with E-state index in [-0.39, 0.29) is 12.5 Å². The molecule has 3 rings (SSSR count). The molecule has 0 atom stereocenters. The van der Waals surface area contributed by atoms with Crippen LogP contribution in [0.5, 0.6) is 0 Å². The molecule has 1 aliphatic heterocycles. The first-order valence-corrected chi connectivity index (χ1v) is 9.04. The van der Waals surface area contributed by atoms with E-state index in [4.69, 9.17) is 4.74 Å². The van der Waals surface area contributed by atoms with E-state index in [9.17, 15) is 4.79 Å². The number of esters is 1. The van der Waals surface area contributed by atoms with E-state index in [0.717, 1.165) is 40.9 Å². The maximum atomic E-state index is 11.7. The Morgan fingerprint density at radius 1 is 1.38 bits per heavy atom. The fourth-order valence-corrected chi connectivity index (χ4v) is 3.50. The summed E-state index contributed by atoms with van der Waals surface area (Å²) in [6.45, 7) is 6.35. The van der Waals surface area contributed by atoms with Crippen molar-refractivity contribution in [3.8, 4) is 10.6 Å². The van der Waals surface area contributed by atoms with Gasteiger partial charge in [-0.1, -0.05) is 0 Å². The first-order valence-electron chi connectivity index (χ1n) is 8.26. The zero-order valence-electron chi connectivity index (χ0n) is 14.0. The summed E-state index contributed by atoms with van der Waals surface area (Å²) in [4.78, 5) is 18.5. The van der Waals surface area contributed by atoms with Crippen LogP contribution in [0.15, 0.2) is 18.2 Å². The molecule has 2 heterocycles. The minimum absolute atomic E-state index is 0.160. The fourth-order valence-electron chi connectivity index (χ4n) is 2.84. The number of rotatable bonds is 6. The molecule has 1 fully saturated rings. The van der Waals surface area contributed by atoms with Crippen LogP contribution in [0.2, 0.25) is 0 Å². The lowest BCUT2D eigenvalue weighted by Gasteiger charge is -2.22. The van der Waals surface area contributed by atoms with Crippen LogP contribution in [-0.4, -0.2) is 41.6 Å². The van der Waals surface area contributed by atoms with Gasteiger partial charge in [0.05, 0.1) is 18.0 Å². The topological polar surface area (TPSA) is 67.3 Å². The lowest BCUT2D eigenvalue weighted by Crippen LogP contribution is -2.22. The van der Waals surface area contributed by atoms with Gasteiger partial charge in [-0.2, -0.15) is 4.37 Å². The molecule has 0 spiro atoms. The molecule has 1 saturated heterocycles. The summed E-state index contributed by atoms with van der Waals surface area (Å²) < 4.78 is 9.26. The van der Waals surface area contributed by atoms with Gasteiger partial charge in [0.15, 0.2) is 0 Å². The summed E-state index contributed by atoms with van der Waals surface area (Å²) in [6, 6.07) is 6.22. The van der Waals surface area contributed by atoms with Gasteiger partial charge in [0, 0.05) is 18.7 Å². The van der Waals surface area contributed by atoms with Crippen LogP contribution in [0.3, 0.4) is 0 Å². The van der Waals surface area contributed by atoms with Gasteiger partial charge >= 0.3 is 5.97 Å². The summed E-state index contributed by atoms with van der Waals surface area (Å²) in [7, 11) is 0. The van der Waals surface area contributed by atoms with Crippen molar-refractivity contribution >= 4 is 28.9 Å². The molecule has 2 aromatic rings. The third kappa shape index (κ3) is 3.84. The molecule has 0 unspecified atom stereocenters. The molecule has 6 nitrogen and oxygen atoms in total. The van der Waals surface area contributed by atoms with Crippen LogP contribution in [0.1, 0.15) is 25.6 Å². The molecule has 0 bridgehead atoms. The number of nitrogens with one attached hydrogen (secondary N) is 1. The normalized spacial score (nSPS) is 14.0. The molecule has 24 heavy (non-hydrogen) atoms. The maximum Gasteiger partial charge on any atom is 0.325 e. The highest BCUT2D eigenvalue weighted by atomic mass is 32.1. The number of anilines is 2. The van der Waals surface area contributed by atoms with Crippen LogP contribution in [0.25, 0.3) is 10.6 Å². The number of aryl methyl sites for hydroxylation is 1. The number of benzene rings is 1. The first kappa shape index (κ1) is 16.7. The second kappa shape index (κ2) is 7.61. The Balaban J connectivity index is 1.86. The van der Waals surface area contributed by atoms with Crippen LogP contribution in [0, 0.1) is 6.92 Å². The van der Waals surface area contributed by atoms with Gasteiger partial charge in [0.1, 0.15) is 17.4 Å². The van der Waals surface area contributed by atoms with Crippen molar-refractivity contribution in [1.82, 2.24) is 9.36 Å². The monoisotopic (exact) mass is 346 g/mol. The molecular formula is C17H22N4O2S. The van der Waals surface area contributed by atoms with Crippen LogP contribution in [0.4, 0.5) is 11.4 Å². The minimum atomic E-state index is -0.248. The van der Waals surface area contributed by atoms with E-state index in [1.54, 1.807) is 0 Å². The van der Waals surface area contributed by atoms with Crippen molar-refractivity contribution in [2.45, 2.75) is 26.7 Å². The van der Waals surface area contributed by atoms with Crippen molar-refractivity contribution in [2.24, 2.45) is 0 Å². The van der Waals surface area contributed by atoms with Crippen molar-refractivity contribution in [1.29, 1.82) is 0 Å². The Morgan fingerprint density at radius 3 is 2.83 bits per heavy atom. The molecule has 1 aliphatic rings. The smallest absolute Gasteiger partial charge is 0.325 e. The van der Waals surface area contributed by atoms with Crippen molar-refractivity contribution in [3.63, 3.8) is 0 Å². The molecular weight excluding hydrogens is 324 g/mol. The second-order valence-corrected chi connectivity index (χ2v) is 6.48. The lowest BCUT2D eigenvalue weighted by atomic mass is 10.1. The molecule has 7 heteroatoms. The Bertz CT molecular complexity index is 710. The third-order valence-electron chi connectivity index (χ3n) is 3.95. The van der Waals surface area contributed by atoms with Crippen LogP contribution < -0.4 is 10.2 Å². The van der Waals surface area contributed by atoms with E-state index in [0.29, 0.717) is 6.61 Å².